The van der Waals surface area contributed by atoms with Crippen molar-refractivity contribution in [3.05, 3.63) is 0 Å². The van der Waals surface area contributed by atoms with Crippen LogP contribution >= 0.6 is 0 Å². The Hall–Kier alpha value is -1.59. The van der Waals surface area contributed by atoms with Crippen LogP contribution in [0, 0.1) is 11.8 Å². The van der Waals surface area contributed by atoms with Gasteiger partial charge >= 0.3 is 17.9 Å². The zero-order valence-corrected chi connectivity index (χ0v) is 13.0. The van der Waals surface area contributed by atoms with Crippen molar-refractivity contribution in [3.63, 3.8) is 0 Å². The van der Waals surface area contributed by atoms with Gasteiger partial charge in [0.1, 0.15) is 0 Å². The molecule has 0 fully saturated rings. The third-order valence-electron chi connectivity index (χ3n) is 1.98. The highest BCUT2D eigenvalue weighted by Crippen LogP contribution is 1.97. The van der Waals surface area contributed by atoms with Gasteiger partial charge in [-0.3, -0.25) is 14.4 Å². The first-order valence-corrected chi connectivity index (χ1v) is 6.73. The topological polar surface area (TPSA) is 112 Å². The third-order valence-corrected chi connectivity index (χ3v) is 1.98. The molecule has 0 aliphatic heterocycles. The molecular formula is C14H28O6. The van der Waals surface area contributed by atoms with Crippen LogP contribution in [0.3, 0.4) is 0 Å². The van der Waals surface area contributed by atoms with Crippen LogP contribution in [0.25, 0.3) is 0 Å². The normalized spacial score (nSPS) is 9.15. The van der Waals surface area contributed by atoms with Gasteiger partial charge in [0.05, 0.1) is 11.8 Å². The molecule has 120 valence electrons. The molecule has 0 saturated heterocycles. The lowest BCUT2D eigenvalue weighted by Crippen LogP contribution is -2.03. The first-order chi connectivity index (χ1) is 9.06. The quantitative estimate of drug-likeness (QED) is 0.648. The second-order valence-corrected chi connectivity index (χ2v) is 4.84. The molecule has 0 aromatic carbocycles. The molecule has 0 aliphatic carbocycles. The molecule has 6 nitrogen and oxygen atoms in total. The minimum absolute atomic E-state index is 0.231. The fourth-order valence-corrected chi connectivity index (χ4v) is 0.526. The number of rotatable bonds is 6. The molecule has 0 saturated carbocycles. The van der Waals surface area contributed by atoms with Gasteiger partial charge in [0.2, 0.25) is 0 Å². The molecule has 20 heavy (non-hydrogen) atoms. The number of hydrogen-bond donors (Lipinski definition) is 3. The summed E-state index contributed by atoms with van der Waals surface area (Å²) in [5.74, 6) is -2.63. The molecular weight excluding hydrogens is 264 g/mol. The van der Waals surface area contributed by atoms with E-state index in [2.05, 4.69) is 6.92 Å². The monoisotopic (exact) mass is 292 g/mol. The first kappa shape index (κ1) is 23.5. The Morgan fingerprint density at radius 1 is 0.800 bits per heavy atom. The Morgan fingerprint density at radius 3 is 1.25 bits per heavy atom. The van der Waals surface area contributed by atoms with Crippen molar-refractivity contribution in [2.24, 2.45) is 11.8 Å². The predicted octanol–water partition coefficient (Wildman–Crippen LogP) is 3.11. The molecule has 0 bridgehead atoms. The minimum Gasteiger partial charge on any atom is -0.481 e. The van der Waals surface area contributed by atoms with E-state index >= 15 is 0 Å². The second-order valence-electron chi connectivity index (χ2n) is 4.84. The van der Waals surface area contributed by atoms with Crippen molar-refractivity contribution in [1.82, 2.24) is 0 Å². The molecule has 3 N–H and O–H groups in total. The van der Waals surface area contributed by atoms with E-state index in [-0.39, 0.29) is 11.8 Å². The number of aliphatic carboxylic acids is 3. The summed E-state index contributed by atoms with van der Waals surface area (Å²) in [6, 6.07) is 0. The van der Waals surface area contributed by atoms with Crippen LogP contribution in [0.1, 0.15) is 60.3 Å². The number of carboxylic acid groups (broad SMARTS) is 3. The first-order valence-electron chi connectivity index (χ1n) is 6.73. The molecule has 0 aromatic heterocycles. The zero-order chi connectivity index (χ0) is 16.7. The average molecular weight is 292 g/mol. The maximum absolute atomic E-state index is 9.87. The molecule has 0 heterocycles. The third kappa shape index (κ3) is 29.9. The Morgan fingerprint density at radius 2 is 1.10 bits per heavy atom. The van der Waals surface area contributed by atoms with E-state index in [1.807, 2.05) is 0 Å². The van der Waals surface area contributed by atoms with Crippen LogP contribution in [-0.2, 0) is 14.4 Å². The summed E-state index contributed by atoms with van der Waals surface area (Å²) in [5.41, 5.74) is 0. The van der Waals surface area contributed by atoms with E-state index < -0.39 is 17.9 Å². The van der Waals surface area contributed by atoms with Crippen molar-refractivity contribution in [1.29, 1.82) is 0 Å². The van der Waals surface area contributed by atoms with E-state index in [4.69, 9.17) is 15.3 Å². The number of carbonyl (C=O) groups is 3. The van der Waals surface area contributed by atoms with Crippen LogP contribution < -0.4 is 0 Å². The van der Waals surface area contributed by atoms with Gasteiger partial charge < -0.3 is 15.3 Å². The van der Waals surface area contributed by atoms with Crippen LogP contribution in [0.15, 0.2) is 0 Å². The molecule has 0 amide bonds. The van der Waals surface area contributed by atoms with E-state index in [1.54, 1.807) is 27.7 Å². The molecule has 0 spiro atoms. The molecule has 0 rings (SSSR count). The van der Waals surface area contributed by atoms with Gasteiger partial charge in [-0.2, -0.15) is 0 Å². The summed E-state index contributed by atoms with van der Waals surface area (Å²) >= 11 is 0. The summed E-state index contributed by atoms with van der Waals surface area (Å²) < 4.78 is 0. The van der Waals surface area contributed by atoms with Gasteiger partial charge in [-0.15, -0.1) is 0 Å². The number of hydrogen-bond acceptors (Lipinski definition) is 3. The Labute approximate surface area is 120 Å². The van der Waals surface area contributed by atoms with Gasteiger partial charge in [0, 0.05) is 6.42 Å². The van der Waals surface area contributed by atoms with E-state index in [1.165, 1.54) is 0 Å². The standard InChI is InChI=1S/C6H12O2.2C4H8O2/c1-2-3-4-5-6(7)8;2*1-3(2)4(5)6/h2-5H2,1H3,(H,7,8);2*3H,1-2H3,(H,5,6). The maximum Gasteiger partial charge on any atom is 0.305 e. The molecule has 6 heteroatoms. The fourth-order valence-electron chi connectivity index (χ4n) is 0.526. The Kier molecular flexibility index (Phi) is 18.2. The van der Waals surface area contributed by atoms with Gasteiger partial charge in [-0.1, -0.05) is 47.5 Å². The summed E-state index contributed by atoms with van der Waals surface area (Å²) in [5, 5.41) is 24.1. The highest BCUT2D eigenvalue weighted by molar-refractivity contribution is 5.69. The van der Waals surface area contributed by atoms with E-state index in [0.29, 0.717) is 6.42 Å². The van der Waals surface area contributed by atoms with Crippen LogP contribution in [0.5, 0.6) is 0 Å². The zero-order valence-electron chi connectivity index (χ0n) is 13.0. The second kappa shape index (κ2) is 15.5. The lowest BCUT2D eigenvalue weighted by molar-refractivity contribution is -0.141. The number of unbranched alkanes of at least 4 members (excludes halogenated alkanes) is 2. The molecule has 0 unspecified atom stereocenters. The average Bonchev–Trinajstić information content (AvgIpc) is 2.30. The molecule has 0 aromatic rings. The van der Waals surface area contributed by atoms with Gasteiger partial charge in [0.25, 0.3) is 0 Å². The smallest absolute Gasteiger partial charge is 0.305 e. The highest BCUT2D eigenvalue weighted by atomic mass is 16.4. The fraction of sp³-hybridized carbons (Fsp3) is 0.786. The van der Waals surface area contributed by atoms with Crippen LogP contribution in [0.2, 0.25) is 0 Å². The summed E-state index contributed by atoms with van der Waals surface area (Å²) in [6.07, 6.45) is 3.28. The summed E-state index contributed by atoms with van der Waals surface area (Å²) in [6.45, 7) is 8.62. The van der Waals surface area contributed by atoms with Crippen molar-refractivity contribution >= 4 is 17.9 Å². The van der Waals surface area contributed by atoms with Crippen molar-refractivity contribution in [3.8, 4) is 0 Å². The predicted molar refractivity (Wildman–Crippen MR) is 76.7 cm³/mol. The van der Waals surface area contributed by atoms with E-state index in [0.717, 1.165) is 19.3 Å². The van der Waals surface area contributed by atoms with Crippen molar-refractivity contribution in [2.75, 3.05) is 0 Å². The lowest BCUT2D eigenvalue weighted by atomic mass is 10.2. The van der Waals surface area contributed by atoms with Crippen LogP contribution in [-0.4, -0.2) is 33.2 Å². The largest absolute Gasteiger partial charge is 0.481 e. The van der Waals surface area contributed by atoms with Gasteiger partial charge in [-0.25, -0.2) is 0 Å². The molecule has 0 atom stereocenters. The summed E-state index contributed by atoms with van der Waals surface area (Å²) in [4.78, 5) is 29.3. The maximum atomic E-state index is 9.87. The lowest BCUT2D eigenvalue weighted by Gasteiger charge is -1.89. The molecule has 0 radical (unpaired) electrons. The van der Waals surface area contributed by atoms with Gasteiger partial charge in [-0.05, 0) is 6.42 Å². The van der Waals surface area contributed by atoms with E-state index in [9.17, 15) is 14.4 Å². The Bertz CT molecular complexity index is 253. The van der Waals surface area contributed by atoms with Crippen molar-refractivity contribution < 1.29 is 29.7 Å². The Balaban J connectivity index is -0.000000221. The van der Waals surface area contributed by atoms with Crippen LogP contribution in [0.4, 0.5) is 0 Å². The SMILES string of the molecule is CC(C)C(=O)O.CC(C)C(=O)O.CCCCCC(=O)O. The summed E-state index contributed by atoms with van der Waals surface area (Å²) in [7, 11) is 0. The molecule has 0 aliphatic rings. The number of carboxylic acids is 3. The van der Waals surface area contributed by atoms with Gasteiger partial charge in [0.15, 0.2) is 0 Å². The highest BCUT2D eigenvalue weighted by Gasteiger charge is 1.99. The van der Waals surface area contributed by atoms with Crippen molar-refractivity contribution in [2.45, 2.75) is 60.3 Å². The minimum atomic E-state index is -0.741.